The molecule has 6 nitrogen and oxygen atoms in total. The smallest absolute Gasteiger partial charge is 0.246 e. The summed E-state index contributed by atoms with van der Waals surface area (Å²) in [4.78, 5) is 11.0. The van der Waals surface area contributed by atoms with Crippen LogP contribution in [-0.2, 0) is 14.8 Å². The Morgan fingerprint density at radius 1 is 1.38 bits per heavy atom. The lowest BCUT2D eigenvalue weighted by Crippen LogP contribution is -2.56. The zero-order chi connectivity index (χ0) is 15.8. The van der Waals surface area contributed by atoms with Gasteiger partial charge in [-0.15, -0.1) is 0 Å². The summed E-state index contributed by atoms with van der Waals surface area (Å²) in [5, 5.41) is 2.55. The summed E-state index contributed by atoms with van der Waals surface area (Å²) in [5.74, 6) is -2.71. The van der Waals surface area contributed by atoms with Crippen LogP contribution in [0.5, 0.6) is 0 Å². The van der Waals surface area contributed by atoms with Gasteiger partial charge in [0.05, 0.1) is 5.69 Å². The molecule has 0 radical (unpaired) electrons. The third kappa shape index (κ3) is 2.70. The molecule has 0 bridgehead atoms. The monoisotopic (exact) mass is 319 g/mol. The van der Waals surface area contributed by atoms with Crippen LogP contribution in [0.25, 0.3) is 0 Å². The molecule has 0 aliphatic carbocycles. The number of nitrogens with one attached hydrogen (secondary N) is 1. The van der Waals surface area contributed by atoms with Crippen molar-refractivity contribution in [2.45, 2.75) is 24.3 Å². The number of benzene rings is 1. The van der Waals surface area contributed by atoms with Crippen LogP contribution in [0.3, 0.4) is 0 Å². The van der Waals surface area contributed by atoms with E-state index in [0.29, 0.717) is 6.07 Å². The maximum absolute atomic E-state index is 13.8. The van der Waals surface area contributed by atoms with Crippen LogP contribution >= 0.6 is 0 Å². The molecule has 3 N–H and O–H groups in total. The van der Waals surface area contributed by atoms with Gasteiger partial charge in [-0.05, 0) is 12.5 Å². The van der Waals surface area contributed by atoms with Crippen LogP contribution in [0.1, 0.15) is 13.3 Å². The Bertz CT molecular complexity index is 679. The molecule has 1 aromatic carbocycles. The summed E-state index contributed by atoms with van der Waals surface area (Å²) in [6.45, 7) is 1.80. The van der Waals surface area contributed by atoms with Crippen LogP contribution in [0.2, 0.25) is 0 Å². The number of nitrogens with two attached hydrogens (primary N) is 1. The zero-order valence-electron chi connectivity index (χ0n) is 11.3. The Kier molecular flexibility index (Phi) is 4.15. The summed E-state index contributed by atoms with van der Waals surface area (Å²) < 4.78 is 52.9. The fourth-order valence-corrected chi connectivity index (χ4v) is 3.98. The Labute approximate surface area is 121 Å². The van der Waals surface area contributed by atoms with Gasteiger partial charge in [0.1, 0.15) is 22.6 Å². The molecule has 0 aromatic heterocycles. The Morgan fingerprint density at radius 3 is 2.67 bits per heavy atom. The van der Waals surface area contributed by atoms with Crippen molar-refractivity contribution >= 4 is 21.6 Å². The number of hydrogen-bond acceptors (Lipinski definition) is 4. The predicted molar refractivity (Wildman–Crippen MR) is 71.8 cm³/mol. The summed E-state index contributed by atoms with van der Waals surface area (Å²) in [7, 11) is -4.28. The fourth-order valence-electron chi connectivity index (χ4n) is 2.24. The first kappa shape index (κ1) is 15.6. The quantitative estimate of drug-likeness (QED) is 0.791. The minimum absolute atomic E-state index is 0.0172. The van der Waals surface area contributed by atoms with E-state index in [4.69, 9.17) is 5.73 Å². The van der Waals surface area contributed by atoms with E-state index < -0.39 is 44.2 Å². The largest absolute Gasteiger partial charge is 0.396 e. The molecule has 21 heavy (non-hydrogen) atoms. The average molecular weight is 319 g/mol. The van der Waals surface area contributed by atoms with Crippen LogP contribution in [0, 0.1) is 11.6 Å². The first-order chi connectivity index (χ1) is 9.78. The third-order valence-electron chi connectivity index (χ3n) is 3.31. The van der Waals surface area contributed by atoms with Crippen molar-refractivity contribution in [3.05, 3.63) is 23.8 Å². The van der Waals surface area contributed by atoms with Crippen LogP contribution in [-0.4, -0.2) is 37.8 Å². The van der Waals surface area contributed by atoms with Gasteiger partial charge in [0.15, 0.2) is 0 Å². The number of anilines is 1. The third-order valence-corrected chi connectivity index (χ3v) is 5.23. The molecular weight excluding hydrogens is 304 g/mol. The standard InChI is InChI=1S/C12H15F2N3O3S/c1-2-10-12(18)16-3-4-17(10)21(19,20)11-6-9(15)7(13)5-8(11)14/h5-6,10H,2-4,15H2,1H3,(H,16,18). The molecule has 1 amide bonds. The van der Waals surface area contributed by atoms with Crippen molar-refractivity contribution < 1.29 is 22.0 Å². The first-order valence-corrected chi connectivity index (χ1v) is 7.77. The van der Waals surface area contributed by atoms with Crippen LogP contribution in [0.15, 0.2) is 17.0 Å². The number of nitrogen functional groups attached to an aromatic ring is 1. The van der Waals surface area contributed by atoms with Gasteiger partial charge >= 0.3 is 0 Å². The number of nitrogens with zero attached hydrogens (tertiary/aromatic N) is 1. The number of carbonyl (C=O) groups is 1. The van der Waals surface area contributed by atoms with E-state index in [1.165, 1.54) is 0 Å². The normalized spacial score (nSPS) is 20.3. The minimum Gasteiger partial charge on any atom is -0.396 e. The first-order valence-electron chi connectivity index (χ1n) is 6.33. The molecule has 9 heteroatoms. The molecule has 0 saturated carbocycles. The van der Waals surface area contributed by atoms with Crippen molar-refractivity contribution in [1.29, 1.82) is 0 Å². The molecule has 116 valence electrons. The van der Waals surface area contributed by atoms with E-state index in [1.54, 1.807) is 6.92 Å². The molecular formula is C12H15F2N3O3S. The molecule has 1 aromatic rings. The summed E-state index contributed by atoms with van der Waals surface area (Å²) in [6.07, 6.45) is 0.239. The van der Waals surface area contributed by atoms with Crippen LogP contribution in [0.4, 0.5) is 14.5 Å². The molecule has 1 aliphatic heterocycles. The Balaban J connectivity index is 2.51. The predicted octanol–water partition coefficient (Wildman–Crippen LogP) is 0.446. The van der Waals surface area contributed by atoms with E-state index in [1.807, 2.05) is 0 Å². The molecule has 1 fully saturated rings. The number of piperazine rings is 1. The van der Waals surface area contributed by atoms with Crippen molar-refractivity contribution in [1.82, 2.24) is 9.62 Å². The number of amides is 1. The summed E-state index contributed by atoms with van der Waals surface area (Å²) >= 11 is 0. The lowest BCUT2D eigenvalue weighted by molar-refractivity contribution is -0.126. The second-order valence-corrected chi connectivity index (χ2v) is 6.49. The van der Waals surface area contributed by atoms with Gasteiger partial charge in [-0.3, -0.25) is 4.79 Å². The van der Waals surface area contributed by atoms with E-state index >= 15 is 0 Å². The number of halogens is 2. The Hall–Kier alpha value is -1.74. The molecule has 1 aliphatic rings. The maximum Gasteiger partial charge on any atom is 0.246 e. The van der Waals surface area contributed by atoms with Gasteiger partial charge in [-0.1, -0.05) is 6.92 Å². The van der Waals surface area contributed by atoms with Gasteiger partial charge in [-0.2, -0.15) is 4.31 Å². The van der Waals surface area contributed by atoms with Crippen molar-refractivity contribution in [3.63, 3.8) is 0 Å². The van der Waals surface area contributed by atoms with Gasteiger partial charge in [0.25, 0.3) is 0 Å². The van der Waals surface area contributed by atoms with Gasteiger partial charge < -0.3 is 11.1 Å². The topological polar surface area (TPSA) is 92.5 Å². The van der Waals surface area contributed by atoms with Crippen molar-refractivity contribution in [2.75, 3.05) is 18.8 Å². The van der Waals surface area contributed by atoms with E-state index in [2.05, 4.69) is 5.32 Å². The second-order valence-electron chi connectivity index (χ2n) is 4.63. The number of carbonyl (C=O) groups excluding carboxylic acids is 1. The molecule has 1 unspecified atom stereocenters. The highest BCUT2D eigenvalue weighted by Gasteiger charge is 2.38. The van der Waals surface area contributed by atoms with E-state index in [-0.39, 0.29) is 19.5 Å². The Morgan fingerprint density at radius 2 is 2.05 bits per heavy atom. The maximum atomic E-state index is 13.8. The van der Waals surface area contributed by atoms with E-state index in [9.17, 15) is 22.0 Å². The summed E-state index contributed by atoms with van der Waals surface area (Å²) in [5.41, 5.74) is 4.84. The highest BCUT2D eigenvalue weighted by molar-refractivity contribution is 7.89. The van der Waals surface area contributed by atoms with Gasteiger partial charge in [0, 0.05) is 19.2 Å². The van der Waals surface area contributed by atoms with Crippen molar-refractivity contribution in [3.8, 4) is 0 Å². The lowest BCUT2D eigenvalue weighted by atomic mass is 10.2. The molecule has 2 rings (SSSR count). The molecule has 1 heterocycles. The van der Waals surface area contributed by atoms with E-state index in [0.717, 1.165) is 10.4 Å². The highest BCUT2D eigenvalue weighted by Crippen LogP contribution is 2.26. The number of rotatable bonds is 3. The number of hydrogen-bond donors (Lipinski definition) is 2. The molecule has 1 saturated heterocycles. The summed E-state index contributed by atoms with van der Waals surface area (Å²) in [6, 6.07) is 0.237. The second kappa shape index (κ2) is 5.57. The fraction of sp³-hybridized carbons (Fsp3) is 0.417. The van der Waals surface area contributed by atoms with Gasteiger partial charge in [0.2, 0.25) is 15.9 Å². The van der Waals surface area contributed by atoms with Crippen molar-refractivity contribution in [2.24, 2.45) is 0 Å². The lowest BCUT2D eigenvalue weighted by Gasteiger charge is -2.33. The zero-order valence-corrected chi connectivity index (χ0v) is 12.1. The molecule has 0 spiro atoms. The van der Waals surface area contributed by atoms with Crippen LogP contribution < -0.4 is 11.1 Å². The SMILES string of the molecule is CCC1C(=O)NCCN1S(=O)(=O)c1cc(N)c(F)cc1F. The van der Waals surface area contributed by atoms with Gasteiger partial charge in [-0.25, -0.2) is 17.2 Å². The average Bonchev–Trinajstić information content (AvgIpc) is 2.42. The highest BCUT2D eigenvalue weighted by atomic mass is 32.2. The number of sulfonamides is 1. The molecule has 1 atom stereocenters. The minimum atomic E-state index is -4.28.